The Balaban J connectivity index is 1.87. The lowest BCUT2D eigenvalue weighted by Crippen LogP contribution is -2.40. The zero-order chi connectivity index (χ0) is 16.2. The van der Waals surface area contributed by atoms with Crippen LogP contribution in [0.25, 0.3) is 0 Å². The second-order valence-electron chi connectivity index (χ2n) is 5.81. The van der Waals surface area contributed by atoms with E-state index in [4.69, 9.17) is 0 Å². The molecule has 9 heteroatoms. The van der Waals surface area contributed by atoms with Crippen molar-refractivity contribution in [3.8, 4) is 0 Å². The molecule has 1 atom stereocenters. The first-order valence-electron chi connectivity index (χ1n) is 7.44. The molecule has 2 N–H and O–H groups in total. The number of carbonyl (C=O) groups excluding carboxylic acids is 1. The lowest BCUT2D eigenvalue weighted by atomic mass is 9.87. The Bertz CT molecular complexity index is 609. The SMILES string of the molecule is CC(NS(C)(=O)=O)C(=O)Nc1nnc(CC2CCCCC2)s1. The van der Waals surface area contributed by atoms with Crippen LogP contribution >= 0.6 is 11.3 Å². The largest absolute Gasteiger partial charge is 0.299 e. The molecule has 1 unspecified atom stereocenters. The number of anilines is 1. The highest BCUT2D eigenvalue weighted by Crippen LogP contribution is 2.28. The van der Waals surface area contributed by atoms with Gasteiger partial charge in [0.2, 0.25) is 21.1 Å². The van der Waals surface area contributed by atoms with E-state index in [9.17, 15) is 13.2 Å². The van der Waals surface area contributed by atoms with Crippen LogP contribution in [0.5, 0.6) is 0 Å². The van der Waals surface area contributed by atoms with E-state index in [1.54, 1.807) is 0 Å². The van der Waals surface area contributed by atoms with Gasteiger partial charge in [-0.1, -0.05) is 43.4 Å². The van der Waals surface area contributed by atoms with Gasteiger partial charge in [-0.2, -0.15) is 0 Å². The normalized spacial score (nSPS) is 18.1. The Kier molecular flexibility index (Phi) is 5.87. The second kappa shape index (κ2) is 7.47. The predicted molar refractivity (Wildman–Crippen MR) is 86.3 cm³/mol. The van der Waals surface area contributed by atoms with Gasteiger partial charge >= 0.3 is 0 Å². The van der Waals surface area contributed by atoms with Crippen molar-refractivity contribution in [1.29, 1.82) is 0 Å². The van der Waals surface area contributed by atoms with Gasteiger partial charge in [0.05, 0.1) is 12.3 Å². The summed E-state index contributed by atoms with van der Waals surface area (Å²) in [7, 11) is -3.42. The molecule has 1 aromatic rings. The Morgan fingerprint density at radius 2 is 2.00 bits per heavy atom. The molecular weight excluding hydrogens is 324 g/mol. The third kappa shape index (κ3) is 5.62. The summed E-state index contributed by atoms with van der Waals surface area (Å²) >= 11 is 1.36. The zero-order valence-corrected chi connectivity index (χ0v) is 14.5. The van der Waals surface area contributed by atoms with E-state index >= 15 is 0 Å². The van der Waals surface area contributed by atoms with Crippen LogP contribution in [0.4, 0.5) is 5.13 Å². The summed E-state index contributed by atoms with van der Waals surface area (Å²) in [5.41, 5.74) is 0. The van der Waals surface area contributed by atoms with E-state index in [1.165, 1.54) is 50.4 Å². The Labute approximate surface area is 135 Å². The van der Waals surface area contributed by atoms with Crippen molar-refractivity contribution < 1.29 is 13.2 Å². The van der Waals surface area contributed by atoms with Crippen molar-refractivity contribution in [1.82, 2.24) is 14.9 Å². The second-order valence-corrected chi connectivity index (χ2v) is 8.65. The van der Waals surface area contributed by atoms with Gasteiger partial charge < -0.3 is 0 Å². The average molecular weight is 346 g/mol. The first kappa shape index (κ1) is 17.3. The van der Waals surface area contributed by atoms with E-state index in [1.807, 2.05) is 0 Å². The van der Waals surface area contributed by atoms with Crippen LogP contribution in [0.1, 0.15) is 44.0 Å². The zero-order valence-electron chi connectivity index (χ0n) is 12.8. The minimum atomic E-state index is -3.42. The highest BCUT2D eigenvalue weighted by molar-refractivity contribution is 7.88. The fraction of sp³-hybridized carbons (Fsp3) is 0.769. The molecule has 1 amide bonds. The number of rotatable bonds is 6. The Hall–Kier alpha value is -1.06. The predicted octanol–water partition coefficient (Wildman–Crippen LogP) is 1.54. The van der Waals surface area contributed by atoms with Crippen molar-refractivity contribution in [3.05, 3.63) is 5.01 Å². The third-order valence-electron chi connectivity index (χ3n) is 3.67. The summed E-state index contributed by atoms with van der Waals surface area (Å²) in [6.45, 7) is 1.49. The summed E-state index contributed by atoms with van der Waals surface area (Å²) in [6, 6.07) is -0.847. The van der Waals surface area contributed by atoms with Gasteiger partial charge in [0.15, 0.2) is 0 Å². The van der Waals surface area contributed by atoms with Crippen LogP contribution in [-0.4, -0.2) is 36.8 Å². The van der Waals surface area contributed by atoms with Crippen LogP contribution in [0, 0.1) is 5.92 Å². The van der Waals surface area contributed by atoms with Crippen molar-refractivity contribution in [3.63, 3.8) is 0 Å². The van der Waals surface area contributed by atoms with Crippen LogP contribution < -0.4 is 10.0 Å². The molecule has 0 aliphatic heterocycles. The minimum absolute atomic E-state index is 0.415. The third-order valence-corrected chi connectivity index (χ3v) is 5.31. The van der Waals surface area contributed by atoms with Crippen molar-refractivity contribution in [2.45, 2.75) is 51.5 Å². The molecule has 0 spiro atoms. The number of hydrogen-bond acceptors (Lipinski definition) is 6. The van der Waals surface area contributed by atoms with E-state index in [-0.39, 0.29) is 0 Å². The van der Waals surface area contributed by atoms with Gasteiger partial charge in [0, 0.05) is 6.42 Å². The maximum absolute atomic E-state index is 11.9. The monoisotopic (exact) mass is 346 g/mol. The highest BCUT2D eigenvalue weighted by atomic mass is 32.2. The molecule has 1 aromatic heterocycles. The number of sulfonamides is 1. The number of amides is 1. The average Bonchev–Trinajstić information content (AvgIpc) is 2.85. The molecule has 1 heterocycles. The molecule has 22 heavy (non-hydrogen) atoms. The number of carbonyl (C=O) groups is 1. The smallest absolute Gasteiger partial charge is 0.244 e. The maximum atomic E-state index is 11.9. The maximum Gasteiger partial charge on any atom is 0.244 e. The summed E-state index contributed by atoms with van der Waals surface area (Å²) in [4.78, 5) is 11.9. The molecule has 124 valence electrons. The fourth-order valence-corrected chi connectivity index (χ4v) is 4.22. The van der Waals surface area contributed by atoms with E-state index in [0.29, 0.717) is 11.0 Å². The van der Waals surface area contributed by atoms with Gasteiger partial charge in [-0.05, 0) is 12.8 Å². The standard InChI is InChI=1S/C13H22N4O3S2/c1-9(17-22(2,19)20)12(18)14-13-16-15-11(21-13)8-10-6-4-3-5-7-10/h9-10,17H,3-8H2,1-2H3,(H,14,16,18). The van der Waals surface area contributed by atoms with Crippen molar-refractivity contribution in [2.24, 2.45) is 5.92 Å². The van der Waals surface area contributed by atoms with E-state index < -0.39 is 22.0 Å². The number of nitrogens with one attached hydrogen (secondary N) is 2. The number of aromatic nitrogens is 2. The van der Waals surface area contributed by atoms with E-state index in [2.05, 4.69) is 20.2 Å². The van der Waals surface area contributed by atoms with Crippen LogP contribution in [-0.2, 0) is 21.2 Å². The Morgan fingerprint density at radius 3 is 2.64 bits per heavy atom. The summed E-state index contributed by atoms with van der Waals surface area (Å²) in [5.74, 6) is 0.224. The minimum Gasteiger partial charge on any atom is -0.299 e. The molecule has 1 aliphatic carbocycles. The van der Waals surface area contributed by atoms with Crippen molar-refractivity contribution >= 4 is 32.4 Å². The molecule has 0 radical (unpaired) electrons. The lowest BCUT2D eigenvalue weighted by Gasteiger charge is -2.19. The number of nitrogens with zero attached hydrogens (tertiary/aromatic N) is 2. The van der Waals surface area contributed by atoms with Gasteiger partial charge in [-0.15, -0.1) is 10.2 Å². The summed E-state index contributed by atoms with van der Waals surface area (Å²) in [5, 5.41) is 12.0. The first-order valence-corrected chi connectivity index (χ1v) is 10.1. The lowest BCUT2D eigenvalue weighted by molar-refractivity contribution is -0.117. The molecule has 1 fully saturated rings. The summed E-state index contributed by atoms with van der Waals surface area (Å²) in [6.07, 6.45) is 8.27. The van der Waals surface area contributed by atoms with Crippen LogP contribution in [0.2, 0.25) is 0 Å². The molecular formula is C13H22N4O3S2. The van der Waals surface area contributed by atoms with E-state index in [0.717, 1.165) is 17.7 Å². The highest BCUT2D eigenvalue weighted by Gasteiger charge is 2.20. The molecule has 2 rings (SSSR count). The van der Waals surface area contributed by atoms with Gasteiger partial charge in [0.1, 0.15) is 5.01 Å². The number of hydrogen-bond donors (Lipinski definition) is 2. The van der Waals surface area contributed by atoms with Crippen LogP contribution in [0.15, 0.2) is 0 Å². The van der Waals surface area contributed by atoms with Gasteiger partial charge in [-0.25, -0.2) is 13.1 Å². The molecule has 0 aromatic carbocycles. The fourth-order valence-electron chi connectivity index (χ4n) is 2.61. The topological polar surface area (TPSA) is 101 Å². The van der Waals surface area contributed by atoms with Crippen molar-refractivity contribution in [2.75, 3.05) is 11.6 Å². The molecule has 7 nitrogen and oxygen atoms in total. The van der Waals surface area contributed by atoms with Crippen LogP contribution in [0.3, 0.4) is 0 Å². The van der Waals surface area contributed by atoms with Gasteiger partial charge in [-0.3, -0.25) is 10.1 Å². The Morgan fingerprint density at radius 1 is 1.32 bits per heavy atom. The molecule has 0 bridgehead atoms. The van der Waals surface area contributed by atoms with Gasteiger partial charge in [0.25, 0.3) is 0 Å². The quantitative estimate of drug-likeness (QED) is 0.813. The molecule has 1 aliphatic rings. The molecule has 1 saturated carbocycles. The first-order chi connectivity index (χ1) is 10.3. The summed E-state index contributed by atoms with van der Waals surface area (Å²) < 4.78 is 24.4. The molecule has 0 saturated heterocycles.